The quantitative estimate of drug-likeness (QED) is 0.893. The number of fused-ring (bicyclic) bond motifs is 1. The molecular formula is C18H25N3. The van der Waals surface area contributed by atoms with Crippen molar-refractivity contribution >= 4 is 16.9 Å². The number of nitrogens with zero attached hydrogens (tertiary/aromatic N) is 2. The van der Waals surface area contributed by atoms with Crippen LogP contribution in [0.4, 0.5) is 5.82 Å². The Labute approximate surface area is 127 Å². The number of hydrogen-bond acceptors (Lipinski definition) is 3. The standard InChI is InChI=1S/C18H25N3/c1-13-6-5-7-15(12-13)10-11-19-18-14(2)20-16-8-3-4-9-17(16)21-18/h3-4,8-9,13,15H,5-7,10-12H2,1-2H3,(H,19,21). The highest BCUT2D eigenvalue weighted by molar-refractivity contribution is 5.76. The fourth-order valence-electron chi connectivity index (χ4n) is 3.47. The van der Waals surface area contributed by atoms with Crippen molar-refractivity contribution in [2.75, 3.05) is 11.9 Å². The number of rotatable bonds is 4. The van der Waals surface area contributed by atoms with Gasteiger partial charge >= 0.3 is 0 Å². The number of aryl methyl sites for hydroxylation is 1. The molecule has 1 aliphatic rings. The largest absolute Gasteiger partial charge is 0.369 e. The Morgan fingerprint density at radius 2 is 1.90 bits per heavy atom. The van der Waals surface area contributed by atoms with Crippen LogP contribution in [0.5, 0.6) is 0 Å². The van der Waals surface area contributed by atoms with Crippen molar-refractivity contribution in [3.05, 3.63) is 30.0 Å². The normalized spacial score (nSPS) is 22.4. The smallest absolute Gasteiger partial charge is 0.148 e. The van der Waals surface area contributed by atoms with Gasteiger partial charge in [0, 0.05) is 6.54 Å². The van der Waals surface area contributed by atoms with E-state index in [9.17, 15) is 0 Å². The third kappa shape index (κ3) is 3.52. The number of hydrogen-bond donors (Lipinski definition) is 1. The molecule has 3 heteroatoms. The summed E-state index contributed by atoms with van der Waals surface area (Å²) < 4.78 is 0. The monoisotopic (exact) mass is 283 g/mol. The summed E-state index contributed by atoms with van der Waals surface area (Å²) in [7, 11) is 0. The molecule has 1 aliphatic carbocycles. The Balaban J connectivity index is 1.61. The molecular weight excluding hydrogens is 258 g/mol. The van der Waals surface area contributed by atoms with E-state index in [4.69, 9.17) is 4.98 Å². The molecule has 3 rings (SSSR count). The number of aromatic nitrogens is 2. The zero-order valence-electron chi connectivity index (χ0n) is 13.1. The van der Waals surface area contributed by atoms with E-state index in [1.54, 1.807) is 0 Å². The molecule has 0 aliphatic heterocycles. The Morgan fingerprint density at radius 1 is 1.14 bits per heavy atom. The van der Waals surface area contributed by atoms with E-state index in [-0.39, 0.29) is 0 Å². The van der Waals surface area contributed by atoms with Crippen LogP contribution < -0.4 is 5.32 Å². The third-order valence-electron chi connectivity index (χ3n) is 4.63. The summed E-state index contributed by atoms with van der Waals surface area (Å²) in [5.74, 6) is 2.73. The van der Waals surface area contributed by atoms with Gasteiger partial charge in [-0.25, -0.2) is 9.97 Å². The molecule has 0 radical (unpaired) electrons. The van der Waals surface area contributed by atoms with Gasteiger partial charge in [0.2, 0.25) is 0 Å². The molecule has 2 unspecified atom stereocenters. The SMILES string of the molecule is Cc1nc2ccccc2nc1NCCC1CCCC(C)C1. The first-order chi connectivity index (χ1) is 10.2. The van der Waals surface area contributed by atoms with Crippen LogP contribution in [0.25, 0.3) is 11.0 Å². The van der Waals surface area contributed by atoms with Gasteiger partial charge in [0.15, 0.2) is 0 Å². The number of para-hydroxylation sites is 2. The molecule has 3 nitrogen and oxygen atoms in total. The maximum Gasteiger partial charge on any atom is 0.148 e. The predicted molar refractivity (Wildman–Crippen MR) is 88.5 cm³/mol. The molecule has 21 heavy (non-hydrogen) atoms. The number of anilines is 1. The first-order valence-electron chi connectivity index (χ1n) is 8.19. The molecule has 112 valence electrons. The summed E-state index contributed by atoms with van der Waals surface area (Å²) >= 11 is 0. The molecule has 1 saturated carbocycles. The van der Waals surface area contributed by atoms with Gasteiger partial charge in [-0.2, -0.15) is 0 Å². The Morgan fingerprint density at radius 3 is 2.67 bits per heavy atom. The summed E-state index contributed by atoms with van der Waals surface area (Å²) in [6.07, 6.45) is 6.86. The van der Waals surface area contributed by atoms with Crippen LogP contribution in [0.15, 0.2) is 24.3 Å². The van der Waals surface area contributed by atoms with Gasteiger partial charge in [0.1, 0.15) is 5.82 Å². The fourth-order valence-corrected chi connectivity index (χ4v) is 3.47. The van der Waals surface area contributed by atoms with E-state index in [1.807, 2.05) is 31.2 Å². The molecule has 0 bridgehead atoms. The fraction of sp³-hybridized carbons (Fsp3) is 0.556. The Kier molecular flexibility index (Phi) is 4.37. The molecule has 2 atom stereocenters. The highest BCUT2D eigenvalue weighted by Gasteiger charge is 2.18. The van der Waals surface area contributed by atoms with Gasteiger partial charge in [0.05, 0.1) is 16.7 Å². The lowest BCUT2D eigenvalue weighted by Gasteiger charge is -2.26. The second-order valence-corrected chi connectivity index (χ2v) is 6.50. The van der Waals surface area contributed by atoms with Crippen LogP contribution in [0, 0.1) is 18.8 Å². The van der Waals surface area contributed by atoms with Gasteiger partial charge in [-0.3, -0.25) is 0 Å². The number of benzene rings is 1. The third-order valence-corrected chi connectivity index (χ3v) is 4.63. The molecule has 1 N–H and O–H groups in total. The van der Waals surface area contributed by atoms with Crippen molar-refractivity contribution in [3.8, 4) is 0 Å². The van der Waals surface area contributed by atoms with Crippen molar-refractivity contribution in [1.29, 1.82) is 0 Å². The average molecular weight is 283 g/mol. The van der Waals surface area contributed by atoms with Crippen molar-refractivity contribution in [2.45, 2.75) is 46.0 Å². The highest BCUT2D eigenvalue weighted by atomic mass is 15.0. The van der Waals surface area contributed by atoms with Crippen LogP contribution in [-0.4, -0.2) is 16.5 Å². The van der Waals surface area contributed by atoms with E-state index in [1.165, 1.54) is 32.1 Å². The zero-order chi connectivity index (χ0) is 14.7. The zero-order valence-corrected chi connectivity index (χ0v) is 13.1. The topological polar surface area (TPSA) is 37.8 Å². The maximum absolute atomic E-state index is 4.70. The van der Waals surface area contributed by atoms with E-state index in [2.05, 4.69) is 17.2 Å². The number of nitrogens with one attached hydrogen (secondary N) is 1. The first-order valence-corrected chi connectivity index (χ1v) is 8.19. The van der Waals surface area contributed by atoms with Gasteiger partial charge in [-0.05, 0) is 43.7 Å². The molecule has 1 fully saturated rings. The first kappa shape index (κ1) is 14.3. The van der Waals surface area contributed by atoms with Gasteiger partial charge in [0.25, 0.3) is 0 Å². The van der Waals surface area contributed by atoms with E-state index in [0.717, 1.165) is 40.9 Å². The van der Waals surface area contributed by atoms with Crippen molar-refractivity contribution in [2.24, 2.45) is 11.8 Å². The predicted octanol–water partition coefficient (Wildman–Crippen LogP) is 4.57. The lowest BCUT2D eigenvalue weighted by molar-refractivity contribution is 0.274. The minimum Gasteiger partial charge on any atom is -0.369 e. The van der Waals surface area contributed by atoms with Crippen LogP contribution >= 0.6 is 0 Å². The van der Waals surface area contributed by atoms with Crippen molar-refractivity contribution < 1.29 is 0 Å². The second-order valence-electron chi connectivity index (χ2n) is 6.50. The van der Waals surface area contributed by atoms with Crippen molar-refractivity contribution in [1.82, 2.24) is 9.97 Å². The molecule has 1 aromatic carbocycles. The van der Waals surface area contributed by atoms with Crippen LogP contribution in [0.2, 0.25) is 0 Å². The van der Waals surface area contributed by atoms with E-state index >= 15 is 0 Å². The van der Waals surface area contributed by atoms with Gasteiger partial charge < -0.3 is 5.32 Å². The Bertz CT molecular complexity index is 608. The highest BCUT2D eigenvalue weighted by Crippen LogP contribution is 2.30. The van der Waals surface area contributed by atoms with Crippen molar-refractivity contribution in [3.63, 3.8) is 0 Å². The minimum absolute atomic E-state index is 0.884. The molecule has 0 amide bonds. The van der Waals surface area contributed by atoms with E-state index in [0.29, 0.717) is 0 Å². The average Bonchev–Trinajstić information content (AvgIpc) is 2.48. The summed E-state index contributed by atoms with van der Waals surface area (Å²) in [4.78, 5) is 9.33. The Hall–Kier alpha value is -1.64. The molecule has 2 aromatic rings. The van der Waals surface area contributed by atoms with Crippen LogP contribution in [0.1, 0.15) is 44.7 Å². The minimum atomic E-state index is 0.884. The van der Waals surface area contributed by atoms with Gasteiger partial charge in [-0.15, -0.1) is 0 Å². The van der Waals surface area contributed by atoms with Crippen LogP contribution in [0.3, 0.4) is 0 Å². The second kappa shape index (κ2) is 6.42. The summed E-state index contributed by atoms with van der Waals surface area (Å²) in [6, 6.07) is 8.06. The molecule has 0 spiro atoms. The summed E-state index contributed by atoms with van der Waals surface area (Å²) in [6.45, 7) is 5.42. The molecule has 1 heterocycles. The summed E-state index contributed by atoms with van der Waals surface area (Å²) in [5.41, 5.74) is 2.93. The maximum atomic E-state index is 4.70. The molecule has 0 saturated heterocycles. The van der Waals surface area contributed by atoms with Gasteiger partial charge in [-0.1, -0.05) is 38.3 Å². The van der Waals surface area contributed by atoms with E-state index < -0.39 is 0 Å². The summed E-state index contributed by atoms with van der Waals surface area (Å²) in [5, 5.41) is 3.49. The lowest BCUT2D eigenvalue weighted by atomic mass is 9.81. The lowest BCUT2D eigenvalue weighted by Crippen LogP contribution is -2.17. The molecule has 1 aromatic heterocycles. The van der Waals surface area contributed by atoms with Crippen LogP contribution in [-0.2, 0) is 0 Å².